The topological polar surface area (TPSA) is 90.6 Å². The minimum Gasteiger partial charge on any atom is -0.238 e. The van der Waals surface area contributed by atoms with Crippen molar-refractivity contribution in [2.45, 2.75) is 0 Å². The minimum atomic E-state index is 0.425. The van der Waals surface area contributed by atoms with Gasteiger partial charge in [-0.1, -0.05) is 152 Å². The van der Waals surface area contributed by atoms with Crippen LogP contribution in [0.1, 0.15) is 11.1 Å². The Balaban J connectivity index is 1.04. The Labute approximate surface area is 358 Å². The van der Waals surface area contributed by atoms with E-state index in [0.717, 1.165) is 61.2 Å². The average molecular weight is 789 g/mol. The molecule has 0 aliphatic rings. The van der Waals surface area contributed by atoms with E-state index in [9.17, 15) is 10.5 Å². The van der Waals surface area contributed by atoms with Crippen LogP contribution >= 0.6 is 0 Å². The molecule has 0 fully saturated rings. The third kappa shape index (κ3) is 6.99. The van der Waals surface area contributed by atoms with Crippen molar-refractivity contribution in [3.63, 3.8) is 0 Å². The van der Waals surface area contributed by atoms with Gasteiger partial charge in [0, 0.05) is 22.3 Å². The summed E-state index contributed by atoms with van der Waals surface area (Å²) >= 11 is 0. The molecule has 0 bridgehead atoms. The standard InChI is InChI=1S/C56H32N6/c1-59-46-29-26-41(27-30-46)55-60-54(40-16-14-36(34-57)15-17-40)61-56(62-55)52-13-7-6-12-51(52)53-33-44(24-25-45(53)35-58)49-11-5-4-10-48(49)39-20-18-37(19-21-39)42-28-31-50-43(32-42)23-22-38-8-2-3-9-47(38)50/h2-33H. The summed E-state index contributed by atoms with van der Waals surface area (Å²) in [6, 6.07) is 69.3. The Morgan fingerprint density at radius 3 is 1.60 bits per heavy atom. The van der Waals surface area contributed by atoms with Crippen LogP contribution in [0.25, 0.3) is 105 Å². The normalized spacial score (nSPS) is 10.9. The Hall–Kier alpha value is -9.02. The van der Waals surface area contributed by atoms with Gasteiger partial charge in [0.15, 0.2) is 23.2 Å². The Bertz CT molecular complexity index is 3400. The predicted octanol–water partition coefficient (Wildman–Crippen LogP) is 14.1. The van der Waals surface area contributed by atoms with E-state index in [4.69, 9.17) is 21.5 Å². The van der Waals surface area contributed by atoms with Gasteiger partial charge in [0.2, 0.25) is 0 Å². The predicted molar refractivity (Wildman–Crippen MR) is 249 cm³/mol. The molecule has 6 heteroatoms. The van der Waals surface area contributed by atoms with Crippen LogP contribution in [-0.2, 0) is 0 Å². The molecule has 10 rings (SSSR count). The Morgan fingerprint density at radius 1 is 0.371 bits per heavy atom. The second-order valence-electron chi connectivity index (χ2n) is 14.9. The quantitative estimate of drug-likeness (QED) is 0.118. The number of hydrogen-bond acceptors (Lipinski definition) is 5. The summed E-state index contributed by atoms with van der Waals surface area (Å²) in [5.41, 5.74) is 11.7. The van der Waals surface area contributed by atoms with Crippen molar-refractivity contribution in [2.75, 3.05) is 0 Å². The molecule has 0 saturated carbocycles. The van der Waals surface area contributed by atoms with Crippen molar-refractivity contribution in [3.8, 4) is 90.8 Å². The highest BCUT2D eigenvalue weighted by atomic mass is 15.0. The van der Waals surface area contributed by atoms with Gasteiger partial charge in [-0.25, -0.2) is 19.8 Å². The van der Waals surface area contributed by atoms with Gasteiger partial charge in [0.25, 0.3) is 0 Å². The average Bonchev–Trinajstić information content (AvgIpc) is 3.36. The van der Waals surface area contributed by atoms with Gasteiger partial charge in [-0.05, 0) is 103 Å². The second kappa shape index (κ2) is 16.0. The van der Waals surface area contributed by atoms with Gasteiger partial charge in [-0.3, -0.25) is 0 Å². The van der Waals surface area contributed by atoms with Crippen LogP contribution in [0.15, 0.2) is 194 Å². The molecule has 62 heavy (non-hydrogen) atoms. The fraction of sp³-hybridized carbons (Fsp3) is 0. The maximum absolute atomic E-state index is 10.5. The van der Waals surface area contributed by atoms with Crippen LogP contribution in [0.4, 0.5) is 5.69 Å². The molecule has 0 unspecified atom stereocenters. The number of nitrogens with zero attached hydrogens (tertiary/aromatic N) is 6. The molecule has 0 amide bonds. The molecule has 6 nitrogen and oxygen atoms in total. The largest absolute Gasteiger partial charge is 0.238 e. The van der Waals surface area contributed by atoms with Crippen LogP contribution < -0.4 is 0 Å². The summed E-state index contributed by atoms with van der Waals surface area (Å²) in [6.45, 7) is 7.42. The van der Waals surface area contributed by atoms with Crippen molar-refractivity contribution in [3.05, 3.63) is 217 Å². The van der Waals surface area contributed by atoms with Crippen LogP contribution in [0.5, 0.6) is 0 Å². The van der Waals surface area contributed by atoms with E-state index in [-0.39, 0.29) is 0 Å². The smallest absolute Gasteiger partial charge is 0.187 e. The first-order valence-corrected chi connectivity index (χ1v) is 20.1. The molecule has 0 saturated heterocycles. The lowest BCUT2D eigenvalue weighted by Crippen LogP contribution is -2.01. The SMILES string of the molecule is [C-]#[N+]c1ccc(-c2nc(-c3ccc(C#N)cc3)nc(-c3ccccc3-c3cc(-c4ccccc4-c4ccc(-c5ccc6c(ccc7ccccc76)c5)cc4)ccc3C#N)n2)cc1. The second-order valence-corrected chi connectivity index (χ2v) is 14.9. The monoisotopic (exact) mass is 788 g/mol. The number of rotatable bonds is 7. The lowest BCUT2D eigenvalue weighted by atomic mass is 9.89. The third-order valence-electron chi connectivity index (χ3n) is 11.3. The van der Waals surface area contributed by atoms with Crippen molar-refractivity contribution in [1.82, 2.24) is 15.0 Å². The van der Waals surface area contributed by atoms with Crippen molar-refractivity contribution in [2.24, 2.45) is 0 Å². The van der Waals surface area contributed by atoms with Gasteiger partial charge in [-0.2, -0.15) is 10.5 Å². The Kier molecular flexibility index (Phi) is 9.60. The van der Waals surface area contributed by atoms with Gasteiger partial charge < -0.3 is 0 Å². The minimum absolute atomic E-state index is 0.425. The van der Waals surface area contributed by atoms with E-state index in [1.807, 2.05) is 66.7 Å². The number of hydrogen-bond donors (Lipinski definition) is 0. The van der Waals surface area contributed by atoms with Gasteiger partial charge in [0.1, 0.15) is 0 Å². The van der Waals surface area contributed by atoms with Crippen molar-refractivity contribution in [1.29, 1.82) is 10.5 Å². The molecule has 0 spiro atoms. The zero-order valence-corrected chi connectivity index (χ0v) is 33.2. The maximum atomic E-state index is 10.5. The highest BCUT2D eigenvalue weighted by molar-refractivity contribution is 6.08. The van der Waals surface area contributed by atoms with E-state index in [0.29, 0.717) is 34.3 Å². The summed E-state index contributed by atoms with van der Waals surface area (Å²) in [4.78, 5) is 18.4. The molecule has 9 aromatic carbocycles. The molecular formula is C56H32N6. The molecule has 1 heterocycles. The van der Waals surface area contributed by atoms with Gasteiger partial charge >= 0.3 is 0 Å². The summed E-state index contributed by atoms with van der Waals surface area (Å²) in [6.07, 6.45) is 0. The maximum Gasteiger partial charge on any atom is 0.187 e. The molecule has 0 N–H and O–H groups in total. The lowest BCUT2D eigenvalue weighted by Gasteiger charge is -2.15. The molecule has 0 aliphatic heterocycles. The first-order valence-electron chi connectivity index (χ1n) is 20.1. The molecule has 0 aliphatic carbocycles. The van der Waals surface area contributed by atoms with Crippen LogP contribution in [-0.4, -0.2) is 15.0 Å². The lowest BCUT2D eigenvalue weighted by molar-refractivity contribution is 1.07. The summed E-state index contributed by atoms with van der Waals surface area (Å²) in [7, 11) is 0. The summed E-state index contributed by atoms with van der Waals surface area (Å²) < 4.78 is 0. The molecule has 0 atom stereocenters. The summed E-state index contributed by atoms with van der Waals surface area (Å²) in [5, 5.41) is 24.9. The molecule has 286 valence electrons. The fourth-order valence-corrected chi connectivity index (χ4v) is 8.10. The number of nitriles is 2. The molecule has 10 aromatic rings. The van der Waals surface area contributed by atoms with E-state index in [2.05, 4.69) is 120 Å². The Morgan fingerprint density at radius 2 is 0.903 bits per heavy atom. The van der Waals surface area contributed by atoms with Crippen molar-refractivity contribution >= 4 is 27.2 Å². The fourth-order valence-electron chi connectivity index (χ4n) is 8.10. The highest BCUT2D eigenvalue weighted by Crippen LogP contribution is 2.40. The van der Waals surface area contributed by atoms with E-state index >= 15 is 0 Å². The summed E-state index contributed by atoms with van der Waals surface area (Å²) in [5.74, 6) is 1.29. The highest BCUT2D eigenvalue weighted by Gasteiger charge is 2.19. The van der Waals surface area contributed by atoms with E-state index in [1.54, 1.807) is 24.3 Å². The number of fused-ring (bicyclic) bond motifs is 3. The molecular weight excluding hydrogens is 757 g/mol. The van der Waals surface area contributed by atoms with Gasteiger partial charge in [0.05, 0.1) is 29.8 Å². The van der Waals surface area contributed by atoms with Crippen LogP contribution in [0.2, 0.25) is 0 Å². The first-order chi connectivity index (χ1) is 30.6. The first kappa shape index (κ1) is 37.3. The third-order valence-corrected chi connectivity index (χ3v) is 11.3. The van der Waals surface area contributed by atoms with E-state index < -0.39 is 0 Å². The molecule has 0 radical (unpaired) electrons. The molecule has 1 aromatic heterocycles. The number of benzene rings is 9. The van der Waals surface area contributed by atoms with Crippen LogP contribution in [0.3, 0.4) is 0 Å². The number of aromatic nitrogens is 3. The van der Waals surface area contributed by atoms with Crippen LogP contribution in [0, 0.1) is 29.2 Å². The zero-order valence-electron chi connectivity index (χ0n) is 33.2. The zero-order chi connectivity index (χ0) is 42.0. The van der Waals surface area contributed by atoms with Crippen molar-refractivity contribution < 1.29 is 0 Å². The van der Waals surface area contributed by atoms with E-state index in [1.165, 1.54) is 21.5 Å². The van der Waals surface area contributed by atoms with Gasteiger partial charge in [-0.15, -0.1) is 0 Å².